The third-order valence-corrected chi connectivity index (χ3v) is 1.98. The Hall–Kier alpha value is -0.610. The smallest absolute Gasteiger partial charge is 0.246 e. The molecule has 4 heteroatoms. The zero-order chi connectivity index (χ0) is 12.2. The number of hydrogen-bond acceptors (Lipinski definition) is 3. The van der Waals surface area contributed by atoms with Gasteiger partial charge in [-0.05, 0) is 26.7 Å². The van der Waals surface area contributed by atoms with Crippen molar-refractivity contribution in [2.75, 3.05) is 26.4 Å². The third kappa shape index (κ3) is 11.5. The Morgan fingerprint density at radius 1 is 1.25 bits per heavy atom. The van der Waals surface area contributed by atoms with Gasteiger partial charge in [0.15, 0.2) is 0 Å². The van der Waals surface area contributed by atoms with E-state index < -0.39 is 0 Å². The van der Waals surface area contributed by atoms with Crippen molar-refractivity contribution in [1.29, 1.82) is 0 Å². The maximum Gasteiger partial charge on any atom is 0.246 e. The van der Waals surface area contributed by atoms with E-state index in [2.05, 4.69) is 12.2 Å². The topological polar surface area (TPSA) is 47.6 Å². The number of unbranched alkanes of at least 4 members (excludes halogenated alkanes) is 1. The van der Waals surface area contributed by atoms with E-state index in [1.807, 2.05) is 13.8 Å². The van der Waals surface area contributed by atoms with E-state index in [4.69, 9.17) is 9.47 Å². The van der Waals surface area contributed by atoms with E-state index in [-0.39, 0.29) is 18.6 Å². The quantitative estimate of drug-likeness (QED) is 0.582. The Balaban J connectivity index is 3.15. The third-order valence-electron chi connectivity index (χ3n) is 1.98. The van der Waals surface area contributed by atoms with Gasteiger partial charge in [0.25, 0.3) is 0 Å². The highest BCUT2D eigenvalue weighted by Gasteiger charge is 2.01. The monoisotopic (exact) mass is 231 g/mol. The van der Waals surface area contributed by atoms with Gasteiger partial charge in [-0.3, -0.25) is 4.79 Å². The zero-order valence-corrected chi connectivity index (χ0v) is 10.8. The Bertz CT molecular complexity index is 172. The second kappa shape index (κ2) is 10.9. The molecule has 0 atom stereocenters. The predicted octanol–water partition coefficient (Wildman–Crippen LogP) is 1.73. The molecule has 4 nitrogen and oxygen atoms in total. The minimum absolute atomic E-state index is 0.0535. The lowest BCUT2D eigenvalue weighted by Gasteiger charge is -2.08. The molecule has 0 saturated heterocycles. The molecule has 0 aromatic carbocycles. The minimum Gasteiger partial charge on any atom is -0.381 e. The highest BCUT2D eigenvalue weighted by Crippen LogP contribution is 1.89. The first kappa shape index (κ1) is 15.4. The fraction of sp³-hybridized carbons (Fsp3) is 0.917. The molecule has 0 aliphatic carbocycles. The number of amides is 1. The summed E-state index contributed by atoms with van der Waals surface area (Å²) in [5.74, 6) is -0.0535. The highest BCUT2D eigenvalue weighted by molar-refractivity contribution is 5.77. The van der Waals surface area contributed by atoms with Crippen molar-refractivity contribution in [3.05, 3.63) is 0 Å². The molecule has 0 fully saturated rings. The second-order valence-corrected chi connectivity index (χ2v) is 4.03. The number of nitrogens with one attached hydrogen (secondary N) is 1. The van der Waals surface area contributed by atoms with Gasteiger partial charge < -0.3 is 14.8 Å². The van der Waals surface area contributed by atoms with Gasteiger partial charge in [-0.25, -0.2) is 0 Å². The number of ether oxygens (including phenoxy) is 2. The SMILES string of the molecule is CCCCOCCCNC(=O)COC(C)C. The number of rotatable bonds is 10. The van der Waals surface area contributed by atoms with Crippen molar-refractivity contribution in [1.82, 2.24) is 5.32 Å². The summed E-state index contributed by atoms with van der Waals surface area (Å²) in [5.41, 5.74) is 0. The van der Waals surface area contributed by atoms with Gasteiger partial charge in [0.05, 0.1) is 6.10 Å². The van der Waals surface area contributed by atoms with Gasteiger partial charge in [-0.2, -0.15) is 0 Å². The Morgan fingerprint density at radius 2 is 1.94 bits per heavy atom. The van der Waals surface area contributed by atoms with E-state index in [0.717, 1.165) is 25.9 Å². The summed E-state index contributed by atoms with van der Waals surface area (Å²) in [6, 6.07) is 0. The van der Waals surface area contributed by atoms with E-state index in [1.54, 1.807) is 0 Å². The molecule has 0 saturated carbocycles. The lowest BCUT2D eigenvalue weighted by atomic mass is 10.3. The van der Waals surface area contributed by atoms with E-state index in [1.165, 1.54) is 0 Å². The van der Waals surface area contributed by atoms with E-state index >= 15 is 0 Å². The molecule has 0 rings (SSSR count). The van der Waals surface area contributed by atoms with Gasteiger partial charge in [0, 0.05) is 19.8 Å². The Kier molecular flexibility index (Phi) is 10.5. The van der Waals surface area contributed by atoms with Crippen LogP contribution in [0.4, 0.5) is 0 Å². The molecule has 0 aromatic heterocycles. The van der Waals surface area contributed by atoms with Crippen molar-refractivity contribution in [2.24, 2.45) is 0 Å². The summed E-state index contributed by atoms with van der Waals surface area (Å²) in [6.07, 6.45) is 3.22. The van der Waals surface area contributed by atoms with Crippen LogP contribution in [0.3, 0.4) is 0 Å². The first-order valence-electron chi connectivity index (χ1n) is 6.12. The molecule has 0 bridgehead atoms. The standard InChI is InChI=1S/C12H25NO3/c1-4-5-8-15-9-6-7-13-12(14)10-16-11(2)3/h11H,4-10H2,1-3H3,(H,13,14). The molecule has 1 N–H and O–H groups in total. The van der Waals surface area contributed by atoms with Crippen molar-refractivity contribution >= 4 is 5.91 Å². The molecule has 96 valence electrons. The molecule has 16 heavy (non-hydrogen) atoms. The molecule has 0 unspecified atom stereocenters. The second-order valence-electron chi connectivity index (χ2n) is 4.03. The molecule has 0 aliphatic rings. The van der Waals surface area contributed by atoms with Crippen LogP contribution in [0.2, 0.25) is 0 Å². The summed E-state index contributed by atoms with van der Waals surface area (Å²) in [7, 11) is 0. The predicted molar refractivity (Wildman–Crippen MR) is 64.4 cm³/mol. The largest absolute Gasteiger partial charge is 0.381 e. The number of carbonyl (C=O) groups is 1. The van der Waals surface area contributed by atoms with Crippen LogP contribution >= 0.6 is 0 Å². The summed E-state index contributed by atoms with van der Waals surface area (Å²) in [6.45, 7) is 8.30. The fourth-order valence-corrected chi connectivity index (χ4v) is 1.04. The first-order valence-corrected chi connectivity index (χ1v) is 6.12. The summed E-state index contributed by atoms with van der Waals surface area (Å²) >= 11 is 0. The van der Waals surface area contributed by atoms with Gasteiger partial charge in [0.2, 0.25) is 5.91 Å². The van der Waals surface area contributed by atoms with Crippen LogP contribution in [-0.4, -0.2) is 38.4 Å². The van der Waals surface area contributed by atoms with Crippen molar-refractivity contribution in [3.8, 4) is 0 Å². The number of hydrogen-bond donors (Lipinski definition) is 1. The molecule has 1 amide bonds. The molecule has 0 aliphatic heterocycles. The Labute approximate surface area is 98.7 Å². The van der Waals surface area contributed by atoms with Gasteiger partial charge in [-0.15, -0.1) is 0 Å². The van der Waals surface area contributed by atoms with Crippen LogP contribution in [0.15, 0.2) is 0 Å². The summed E-state index contributed by atoms with van der Waals surface area (Å²) in [5, 5.41) is 2.78. The average molecular weight is 231 g/mol. The van der Waals surface area contributed by atoms with Crippen LogP contribution in [0.5, 0.6) is 0 Å². The van der Waals surface area contributed by atoms with E-state index in [9.17, 15) is 4.79 Å². The average Bonchev–Trinajstić information content (AvgIpc) is 2.25. The zero-order valence-electron chi connectivity index (χ0n) is 10.8. The van der Waals surface area contributed by atoms with Crippen LogP contribution in [0, 0.1) is 0 Å². The summed E-state index contributed by atoms with van der Waals surface area (Å²) in [4.78, 5) is 11.2. The van der Waals surface area contributed by atoms with Crippen molar-refractivity contribution in [2.45, 2.75) is 46.1 Å². The van der Waals surface area contributed by atoms with Gasteiger partial charge in [-0.1, -0.05) is 13.3 Å². The lowest BCUT2D eigenvalue weighted by Crippen LogP contribution is -2.30. The summed E-state index contributed by atoms with van der Waals surface area (Å²) < 4.78 is 10.5. The van der Waals surface area contributed by atoms with Gasteiger partial charge >= 0.3 is 0 Å². The van der Waals surface area contributed by atoms with Crippen LogP contribution in [-0.2, 0) is 14.3 Å². The highest BCUT2D eigenvalue weighted by atomic mass is 16.5. The molecule has 0 spiro atoms. The Morgan fingerprint density at radius 3 is 2.56 bits per heavy atom. The molecule has 0 radical (unpaired) electrons. The van der Waals surface area contributed by atoms with Crippen molar-refractivity contribution < 1.29 is 14.3 Å². The molecule has 0 heterocycles. The van der Waals surface area contributed by atoms with Crippen LogP contribution in [0.25, 0.3) is 0 Å². The first-order chi connectivity index (χ1) is 7.66. The van der Waals surface area contributed by atoms with Crippen LogP contribution < -0.4 is 5.32 Å². The van der Waals surface area contributed by atoms with Crippen LogP contribution in [0.1, 0.15) is 40.0 Å². The maximum absolute atomic E-state index is 11.2. The molecular weight excluding hydrogens is 206 g/mol. The molecule has 0 aromatic rings. The van der Waals surface area contributed by atoms with Crippen molar-refractivity contribution in [3.63, 3.8) is 0 Å². The minimum atomic E-state index is -0.0535. The normalized spacial score (nSPS) is 10.8. The van der Waals surface area contributed by atoms with E-state index in [0.29, 0.717) is 13.2 Å². The fourth-order valence-electron chi connectivity index (χ4n) is 1.04. The lowest BCUT2D eigenvalue weighted by molar-refractivity contribution is -0.127. The molecular formula is C12H25NO3. The van der Waals surface area contributed by atoms with Gasteiger partial charge in [0.1, 0.15) is 6.61 Å². The maximum atomic E-state index is 11.2. The number of carbonyl (C=O) groups excluding carboxylic acids is 1.